The summed E-state index contributed by atoms with van der Waals surface area (Å²) in [6.45, 7) is 0.425. The van der Waals surface area contributed by atoms with Gasteiger partial charge in [0.1, 0.15) is 0 Å². The summed E-state index contributed by atoms with van der Waals surface area (Å²) in [5.41, 5.74) is 0.566. The van der Waals surface area contributed by atoms with Gasteiger partial charge in [-0.1, -0.05) is 12.8 Å². The molecule has 24 heavy (non-hydrogen) atoms. The van der Waals surface area contributed by atoms with E-state index < -0.39 is 5.97 Å². The Morgan fingerprint density at radius 2 is 2.12 bits per heavy atom. The topological polar surface area (TPSA) is 88.6 Å². The number of esters is 1. The SMILES string of the molecule is O=C(COC(=O)Cc1csc(N2CCCC2=O)n1)NC1CCCC1. The molecule has 0 spiro atoms. The minimum absolute atomic E-state index is 0.00917. The quantitative estimate of drug-likeness (QED) is 0.783. The van der Waals surface area contributed by atoms with Gasteiger partial charge < -0.3 is 10.1 Å². The normalized spacial score (nSPS) is 18.2. The molecule has 1 aromatic rings. The third-order valence-electron chi connectivity index (χ3n) is 4.25. The lowest BCUT2D eigenvalue weighted by Gasteiger charge is -2.11. The van der Waals surface area contributed by atoms with E-state index in [0.717, 1.165) is 32.1 Å². The van der Waals surface area contributed by atoms with Gasteiger partial charge in [0.25, 0.3) is 5.91 Å². The summed E-state index contributed by atoms with van der Waals surface area (Å²) in [6.07, 6.45) is 5.66. The molecule has 1 saturated heterocycles. The lowest BCUT2D eigenvalue weighted by Crippen LogP contribution is -2.36. The van der Waals surface area contributed by atoms with Crippen LogP contribution < -0.4 is 10.2 Å². The van der Waals surface area contributed by atoms with Gasteiger partial charge in [0.15, 0.2) is 11.7 Å². The average molecular weight is 351 g/mol. The first kappa shape index (κ1) is 16.9. The molecule has 0 bridgehead atoms. The molecule has 1 aliphatic carbocycles. The Labute approximate surface area is 144 Å². The summed E-state index contributed by atoms with van der Waals surface area (Å²) < 4.78 is 5.01. The van der Waals surface area contributed by atoms with E-state index in [4.69, 9.17) is 4.74 Å². The second-order valence-corrected chi connectivity index (χ2v) is 6.99. The van der Waals surface area contributed by atoms with Crippen molar-refractivity contribution >= 4 is 34.3 Å². The minimum atomic E-state index is -0.485. The molecule has 2 fully saturated rings. The van der Waals surface area contributed by atoms with Crippen LogP contribution in [0.2, 0.25) is 0 Å². The fourth-order valence-corrected chi connectivity index (χ4v) is 3.90. The maximum atomic E-state index is 11.8. The standard InChI is InChI=1S/C16H21N3O4S/c20-13(17-11-4-1-2-5-11)9-23-15(22)8-12-10-24-16(18-12)19-7-3-6-14(19)21/h10-11H,1-9H2,(H,17,20). The molecule has 2 heterocycles. The fourth-order valence-electron chi connectivity index (χ4n) is 3.04. The summed E-state index contributed by atoms with van der Waals surface area (Å²) in [5.74, 6) is -0.667. The number of nitrogens with one attached hydrogen (secondary N) is 1. The Kier molecular flexibility index (Phi) is 5.44. The zero-order chi connectivity index (χ0) is 16.9. The van der Waals surface area contributed by atoms with Crippen molar-refractivity contribution in [2.45, 2.75) is 51.0 Å². The summed E-state index contributed by atoms with van der Waals surface area (Å²) in [4.78, 5) is 41.2. The van der Waals surface area contributed by atoms with E-state index in [1.165, 1.54) is 11.3 Å². The number of hydrogen-bond acceptors (Lipinski definition) is 6. The molecule has 130 valence electrons. The van der Waals surface area contributed by atoms with Crippen molar-refractivity contribution in [2.24, 2.45) is 0 Å². The molecule has 7 nitrogen and oxygen atoms in total. The maximum Gasteiger partial charge on any atom is 0.312 e. The third kappa shape index (κ3) is 4.31. The van der Waals surface area contributed by atoms with Crippen molar-refractivity contribution in [3.05, 3.63) is 11.1 Å². The molecule has 1 aliphatic heterocycles. The van der Waals surface area contributed by atoms with Gasteiger partial charge in [-0.15, -0.1) is 11.3 Å². The van der Waals surface area contributed by atoms with Crippen LogP contribution in [0.4, 0.5) is 5.13 Å². The lowest BCUT2D eigenvalue weighted by atomic mass is 10.2. The second-order valence-electron chi connectivity index (χ2n) is 6.16. The van der Waals surface area contributed by atoms with E-state index in [9.17, 15) is 14.4 Å². The zero-order valence-corrected chi connectivity index (χ0v) is 14.3. The monoisotopic (exact) mass is 351 g/mol. The molecule has 2 aliphatic rings. The van der Waals surface area contributed by atoms with Gasteiger partial charge in [-0.2, -0.15) is 0 Å². The van der Waals surface area contributed by atoms with E-state index in [1.807, 2.05) is 0 Å². The lowest BCUT2D eigenvalue weighted by molar-refractivity contribution is -0.148. The average Bonchev–Trinajstić information content (AvgIpc) is 3.27. The van der Waals surface area contributed by atoms with Crippen molar-refractivity contribution in [1.82, 2.24) is 10.3 Å². The van der Waals surface area contributed by atoms with Crippen LogP contribution in [0.15, 0.2) is 5.38 Å². The van der Waals surface area contributed by atoms with Crippen LogP contribution >= 0.6 is 11.3 Å². The molecular weight excluding hydrogens is 330 g/mol. The van der Waals surface area contributed by atoms with Crippen LogP contribution in [-0.4, -0.2) is 42.0 Å². The molecule has 8 heteroatoms. The molecule has 0 aromatic carbocycles. The number of hydrogen-bond donors (Lipinski definition) is 1. The Balaban J connectivity index is 1.42. The van der Waals surface area contributed by atoms with Crippen LogP contribution in [0.25, 0.3) is 0 Å². The van der Waals surface area contributed by atoms with E-state index in [1.54, 1.807) is 10.3 Å². The first-order chi connectivity index (χ1) is 11.6. The van der Waals surface area contributed by atoms with Gasteiger partial charge in [-0.05, 0) is 19.3 Å². The third-order valence-corrected chi connectivity index (χ3v) is 5.17. The largest absolute Gasteiger partial charge is 0.455 e. The maximum absolute atomic E-state index is 11.8. The van der Waals surface area contributed by atoms with Crippen molar-refractivity contribution in [2.75, 3.05) is 18.1 Å². The number of rotatable bonds is 6. The Morgan fingerprint density at radius 3 is 2.83 bits per heavy atom. The minimum Gasteiger partial charge on any atom is -0.455 e. The predicted octanol–water partition coefficient (Wildman–Crippen LogP) is 1.41. The Morgan fingerprint density at radius 1 is 1.33 bits per heavy atom. The van der Waals surface area contributed by atoms with Crippen molar-refractivity contribution in [1.29, 1.82) is 0 Å². The molecule has 0 unspecified atom stereocenters. The second kappa shape index (κ2) is 7.74. The van der Waals surface area contributed by atoms with Gasteiger partial charge in [-0.3, -0.25) is 19.3 Å². The Hall–Kier alpha value is -1.96. The molecule has 1 N–H and O–H groups in total. The number of carbonyl (C=O) groups excluding carboxylic acids is 3. The van der Waals surface area contributed by atoms with Gasteiger partial charge in [0.2, 0.25) is 5.91 Å². The highest BCUT2D eigenvalue weighted by atomic mass is 32.1. The first-order valence-electron chi connectivity index (χ1n) is 8.31. The smallest absolute Gasteiger partial charge is 0.312 e. The number of ether oxygens (including phenoxy) is 1. The first-order valence-corrected chi connectivity index (χ1v) is 9.19. The molecule has 0 atom stereocenters. The molecule has 3 rings (SSSR count). The van der Waals surface area contributed by atoms with Crippen molar-refractivity contribution < 1.29 is 19.1 Å². The van der Waals surface area contributed by atoms with Gasteiger partial charge in [0.05, 0.1) is 12.1 Å². The van der Waals surface area contributed by atoms with Gasteiger partial charge >= 0.3 is 5.97 Å². The van der Waals surface area contributed by atoms with E-state index in [2.05, 4.69) is 10.3 Å². The summed E-state index contributed by atoms with van der Waals surface area (Å²) in [7, 11) is 0. The highest BCUT2D eigenvalue weighted by Crippen LogP contribution is 2.25. The number of carbonyl (C=O) groups is 3. The predicted molar refractivity (Wildman–Crippen MR) is 88.8 cm³/mol. The van der Waals surface area contributed by atoms with E-state index >= 15 is 0 Å². The number of thiazole rings is 1. The number of amides is 2. The zero-order valence-electron chi connectivity index (χ0n) is 13.5. The molecule has 1 saturated carbocycles. The number of nitrogens with zero attached hydrogens (tertiary/aromatic N) is 2. The Bertz CT molecular complexity index is 625. The van der Waals surface area contributed by atoms with Crippen LogP contribution in [0, 0.1) is 0 Å². The summed E-state index contributed by atoms with van der Waals surface area (Å²) >= 11 is 1.35. The van der Waals surface area contributed by atoms with Gasteiger partial charge in [-0.25, -0.2) is 4.98 Å². The van der Waals surface area contributed by atoms with Crippen molar-refractivity contribution in [3.63, 3.8) is 0 Å². The molecule has 1 aromatic heterocycles. The molecule has 0 radical (unpaired) electrons. The van der Waals surface area contributed by atoms with Crippen LogP contribution in [0.5, 0.6) is 0 Å². The fraction of sp³-hybridized carbons (Fsp3) is 0.625. The summed E-state index contributed by atoms with van der Waals surface area (Å²) in [5, 5.41) is 5.25. The summed E-state index contributed by atoms with van der Waals surface area (Å²) in [6, 6.07) is 0.218. The highest BCUT2D eigenvalue weighted by Gasteiger charge is 2.24. The molecule has 2 amide bonds. The number of aromatic nitrogens is 1. The van der Waals surface area contributed by atoms with E-state index in [0.29, 0.717) is 23.8 Å². The van der Waals surface area contributed by atoms with Crippen LogP contribution in [0.1, 0.15) is 44.2 Å². The van der Waals surface area contributed by atoms with Crippen LogP contribution in [0.3, 0.4) is 0 Å². The number of anilines is 1. The van der Waals surface area contributed by atoms with E-state index in [-0.39, 0.29) is 30.9 Å². The molecular formula is C16H21N3O4S. The highest BCUT2D eigenvalue weighted by molar-refractivity contribution is 7.14. The van der Waals surface area contributed by atoms with Crippen LogP contribution in [-0.2, 0) is 25.5 Å². The van der Waals surface area contributed by atoms with Crippen molar-refractivity contribution in [3.8, 4) is 0 Å². The van der Waals surface area contributed by atoms with Gasteiger partial charge in [0, 0.05) is 24.4 Å².